The highest BCUT2D eigenvalue weighted by atomic mass is 31.1. The first kappa shape index (κ1) is 8.97. The van der Waals surface area contributed by atoms with E-state index in [4.69, 9.17) is 14.4 Å². The van der Waals surface area contributed by atoms with E-state index >= 15 is 0 Å². The summed E-state index contributed by atoms with van der Waals surface area (Å²) >= 11 is 0. The van der Waals surface area contributed by atoms with Crippen molar-refractivity contribution in [1.82, 2.24) is 0 Å². The third kappa shape index (κ3) is 378. The molecule has 0 aromatic carbocycles. The average molecular weight is 113 g/mol. The van der Waals surface area contributed by atoms with E-state index in [1.54, 1.807) is 0 Å². The molecule has 0 aliphatic heterocycles. The molecule has 0 saturated carbocycles. The summed E-state index contributed by atoms with van der Waals surface area (Å²) in [5.41, 5.74) is 0. The van der Waals surface area contributed by atoms with Gasteiger partial charge in [-0.05, 0) is 11.0 Å². The first-order valence-electron chi connectivity index (χ1n) is 0.583. The first-order chi connectivity index (χ1) is 1.73. The van der Waals surface area contributed by atoms with Crippen molar-refractivity contribution in [1.29, 1.82) is 0 Å². The standard InChI is InChI=1S/HO3P.H4Si/c1-4(2)3;/h(H-,1,2,3);1H4/p+1. The third-order valence-electron chi connectivity index (χ3n) is 0. The zero-order chi connectivity index (χ0) is 3.58. The molecule has 0 aliphatic carbocycles. The van der Waals surface area contributed by atoms with Crippen LogP contribution in [0.25, 0.3) is 0 Å². The number of hydrogen-bond acceptors (Lipinski definition) is 1. The maximum atomic E-state index is 8.70. The maximum absolute atomic E-state index is 8.70. The normalized spacial score (nSPS) is 5.20. The Balaban J connectivity index is 0. The molecule has 0 spiro atoms. The van der Waals surface area contributed by atoms with Crippen LogP contribution in [0.15, 0.2) is 0 Å². The van der Waals surface area contributed by atoms with Gasteiger partial charge in [0.1, 0.15) is 0 Å². The van der Waals surface area contributed by atoms with E-state index in [1.807, 2.05) is 0 Å². The summed E-state index contributed by atoms with van der Waals surface area (Å²) in [6.07, 6.45) is 0. The zero-order valence-electron chi connectivity index (χ0n) is 1.75. The van der Waals surface area contributed by atoms with Gasteiger partial charge in [0.25, 0.3) is 0 Å². The van der Waals surface area contributed by atoms with Crippen molar-refractivity contribution in [3.63, 3.8) is 0 Å². The molecule has 0 heterocycles. The molecular formula is H6O3PSi+. The highest BCUT2D eigenvalue weighted by Crippen LogP contribution is 1.98. The van der Waals surface area contributed by atoms with E-state index in [-0.39, 0.29) is 11.0 Å². The topological polar surface area (TPSA) is 57.5 Å². The Hall–Kier alpha value is 0.237. The molecule has 3 nitrogen and oxygen atoms in total. The molecule has 5 heteroatoms. The summed E-state index contributed by atoms with van der Waals surface area (Å²) in [4.78, 5) is 14.2. The predicted molar refractivity (Wildman–Crippen MR) is 23.4 cm³/mol. The quantitative estimate of drug-likeness (QED) is 0.287. The Bertz CT molecular complexity index is 29.9. The fourth-order valence-electron chi connectivity index (χ4n) is 0. The first-order valence-corrected chi connectivity index (χ1v) is 1.75. The van der Waals surface area contributed by atoms with Gasteiger partial charge >= 0.3 is 8.25 Å². The molecule has 32 valence electrons. The molecule has 0 aliphatic rings. The van der Waals surface area contributed by atoms with Crippen molar-refractivity contribution >= 4 is 19.2 Å². The maximum Gasteiger partial charge on any atom is 0.692 e. The van der Waals surface area contributed by atoms with Gasteiger partial charge in [-0.25, -0.2) is 0 Å². The monoisotopic (exact) mass is 113 g/mol. The average Bonchev–Trinajstić information content (AvgIpc) is 0.811. The van der Waals surface area contributed by atoms with Gasteiger partial charge in [0.2, 0.25) is 0 Å². The summed E-state index contributed by atoms with van der Waals surface area (Å²) in [7, 11) is -2.87. The molecule has 0 radical (unpaired) electrons. The van der Waals surface area contributed by atoms with Gasteiger partial charge in [0.05, 0.1) is 0 Å². The van der Waals surface area contributed by atoms with Gasteiger partial charge in [-0.1, -0.05) is 0 Å². The third-order valence-corrected chi connectivity index (χ3v) is 0. The molecule has 0 rings (SSSR count). The van der Waals surface area contributed by atoms with Gasteiger partial charge < -0.3 is 0 Å². The Morgan fingerprint density at radius 2 is 1.40 bits per heavy atom. The Morgan fingerprint density at radius 1 is 1.40 bits per heavy atom. The molecule has 0 bridgehead atoms. The van der Waals surface area contributed by atoms with Crippen LogP contribution >= 0.6 is 8.25 Å². The SMILES string of the molecule is O=[P+](O)O.[SiH4]. The largest absolute Gasteiger partial charge is 0.692 e. The summed E-state index contributed by atoms with van der Waals surface area (Å²) in [5, 5.41) is 0. The van der Waals surface area contributed by atoms with Gasteiger partial charge in [-0.2, -0.15) is 0 Å². The van der Waals surface area contributed by atoms with E-state index < -0.39 is 8.25 Å². The minimum absolute atomic E-state index is 0. The molecule has 0 amide bonds. The highest BCUT2D eigenvalue weighted by Gasteiger charge is 1.93. The van der Waals surface area contributed by atoms with Crippen LogP contribution in [-0.2, 0) is 4.57 Å². The van der Waals surface area contributed by atoms with Gasteiger partial charge in [0.15, 0.2) is 0 Å². The van der Waals surface area contributed by atoms with Crippen LogP contribution in [0, 0.1) is 0 Å². The molecule has 0 aromatic heterocycles. The lowest BCUT2D eigenvalue weighted by molar-refractivity contribution is 0.405. The van der Waals surface area contributed by atoms with Crippen LogP contribution in [0.4, 0.5) is 0 Å². The van der Waals surface area contributed by atoms with Crippen molar-refractivity contribution in [3.8, 4) is 0 Å². The Kier molecular flexibility index (Phi) is 7.60. The lowest BCUT2D eigenvalue weighted by Crippen LogP contribution is -1.38. The van der Waals surface area contributed by atoms with Crippen molar-refractivity contribution in [2.75, 3.05) is 0 Å². The molecule has 0 fully saturated rings. The van der Waals surface area contributed by atoms with Crippen LogP contribution < -0.4 is 0 Å². The molecule has 2 N–H and O–H groups in total. The highest BCUT2D eigenvalue weighted by molar-refractivity contribution is 7.30. The summed E-state index contributed by atoms with van der Waals surface area (Å²) in [6, 6.07) is 0. The molecule has 0 aromatic rings. The Morgan fingerprint density at radius 3 is 1.40 bits per heavy atom. The van der Waals surface area contributed by atoms with Gasteiger partial charge in [-0.3, -0.25) is 0 Å². The molecule has 0 unspecified atom stereocenters. The van der Waals surface area contributed by atoms with E-state index in [2.05, 4.69) is 0 Å². The van der Waals surface area contributed by atoms with Gasteiger partial charge in [-0.15, -0.1) is 9.79 Å². The second-order valence-corrected chi connectivity index (χ2v) is 0.758. The molecule has 5 heavy (non-hydrogen) atoms. The second kappa shape index (κ2) is 4.24. The number of rotatable bonds is 0. The van der Waals surface area contributed by atoms with E-state index in [0.29, 0.717) is 0 Å². The number of hydrogen-bond donors (Lipinski definition) is 2. The van der Waals surface area contributed by atoms with Crippen LogP contribution in [0.1, 0.15) is 0 Å². The lowest BCUT2D eigenvalue weighted by Gasteiger charge is -1.34. The van der Waals surface area contributed by atoms with Crippen molar-refractivity contribution in [3.05, 3.63) is 0 Å². The summed E-state index contributed by atoms with van der Waals surface area (Å²) in [5.74, 6) is 0. The smallest absolute Gasteiger partial charge is 0.134 e. The lowest BCUT2D eigenvalue weighted by atomic mass is 15.8. The van der Waals surface area contributed by atoms with Crippen LogP contribution in [0.5, 0.6) is 0 Å². The Labute approximate surface area is 34.6 Å². The van der Waals surface area contributed by atoms with E-state index in [0.717, 1.165) is 0 Å². The molecule has 0 atom stereocenters. The van der Waals surface area contributed by atoms with Crippen LogP contribution in [0.3, 0.4) is 0 Å². The molecule has 0 saturated heterocycles. The fourth-order valence-corrected chi connectivity index (χ4v) is 0. The van der Waals surface area contributed by atoms with Crippen molar-refractivity contribution in [2.45, 2.75) is 0 Å². The zero-order valence-corrected chi connectivity index (χ0v) is 2.64. The van der Waals surface area contributed by atoms with Crippen molar-refractivity contribution in [2.24, 2.45) is 0 Å². The summed E-state index contributed by atoms with van der Waals surface area (Å²) in [6.45, 7) is 0. The predicted octanol–water partition coefficient (Wildman–Crippen LogP) is -1.82. The molecular weight excluding hydrogens is 107 g/mol. The van der Waals surface area contributed by atoms with E-state index in [9.17, 15) is 0 Å². The minimum atomic E-state index is -2.87. The minimum Gasteiger partial charge on any atom is -0.134 e. The summed E-state index contributed by atoms with van der Waals surface area (Å²) < 4.78 is 8.70. The van der Waals surface area contributed by atoms with Gasteiger partial charge in [0, 0.05) is 4.57 Å². The van der Waals surface area contributed by atoms with Crippen LogP contribution in [0.2, 0.25) is 0 Å². The van der Waals surface area contributed by atoms with E-state index in [1.165, 1.54) is 0 Å². The second-order valence-electron chi connectivity index (χ2n) is 0.253. The fraction of sp³-hybridized carbons (Fsp3) is 0. The van der Waals surface area contributed by atoms with Crippen molar-refractivity contribution < 1.29 is 14.4 Å². The van der Waals surface area contributed by atoms with Crippen LogP contribution in [-0.4, -0.2) is 20.8 Å².